The van der Waals surface area contributed by atoms with E-state index >= 15 is 0 Å². The maximum absolute atomic E-state index is 13.4. The number of carbonyl (C=O) groups is 2. The van der Waals surface area contributed by atoms with Gasteiger partial charge in [0.05, 0.1) is 5.54 Å². The number of nitrogens with zero attached hydrogens (tertiary/aromatic N) is 3. The number of amides is 2. The summed E-state index contributed by atoms with van der Waals surface area (Å²) in [4.78, 5) is 34.3. The highest BCUT2D eigenvalue weighted by atomic mass is 16.6. The van der Waals surface area contributed by atoms with Crippen LogP contribution < -0.4 is 4.90 Å². The Labute approximate surface area is 185 Å². The van der Waals surface area contributed by atoms with Crippen LogP contribution >= 0.6 is 0 Å². The molecule has 0 saturated carbocycles. The van der Waals surface area contributed by atoms with E-state index < -0.39 is 22.8 Å². The van der Waals surface area contributed by atoms with E-state index in [-0.39, 0.29) is 6.09 Å². The van der Waals surface area contributed by atoms with Crippen LogP contribution in [0.25, 0.3) is 6.08 Å². The number of anilines is 1. The van der Waals surface area contributed by atoms with Gasteiger partial charge in [-0.15, -0.1) is 0 Å². The fourth-order valence-corrected chi connectivity index (χ4v) is 4.25. The minimum atomic E-state index is -0.643. The number of hydrogen-bond acceptors (Lipinski definition) is 5. The normalized spacial score (nSPS) is 21.1. The van der Waals surface area contributed by atoms with Crippen LogP contribution in [0.2, 0.25) is 0 Å². The van der Waals surface area contributed by atoms with Crippen molar-refractivity contribution in [1.82, 2.24) is 9.88 Å². The summed E-state index contributed by atoms with van der Waals surface area (Å²) < 4.78 is 11.4. The number of carbonyl (C=O) groups excluding carboxylic acids is 2. The Balaban J connectivity index is 2.00. The van der Waals surface area contributed by atoms with Crippen molar-refractivity contribution < 1.29 is 19.1 Å². The summed E-state index contributed by atoms with van der Waals surface area (Å²) in [6.45, 7) is 17.8. The van der Waals surface area contributed by atoms with Crippen LogP contribution in [0.1, 0.15) is 71.2 Å². The Bertz CT molecular complexity index is 897. The Morgan fingerprint density at radius 1 is 1.10 bits per heavy atom. The number of rotatable bonds is 1. The summed E-state index contributed by atoms with van der Waals surface area (Å²) in [5.74, 6) is 0.620. The second kappa shape index (κ2) is 7.84. The molecule has 2 amide bonds. The second-order valence-electron chi connectivity index (χ2n) is 10.5. The first-order chi connectivity index (χ1) is 14.2. The van der Waals surface area contributed by atoms with Gasteiger partial charge < -0.3 is 14.4 Å². The van der Waals surface area contributed by atoms with Crippen LogP contribution in [0.5, 0.6) is 0 Å². The maximum atomic E-state index is 13.4. The molecule has 1 aromatic heterocycles. The molecule has 0 aromatic carbocycles. The van der Waals surface area contributed by atoms with Crippen LogP contribution in [0.3, 0.4) is 0 Å². The molecule has 1 aromatic rings. The highest BCUT2D eigenvalue weighted by Gasteiger charge is 2.52. The summed E-state index contributed by atoms with van der Waals surface area (Å²) in [7, 11) is 0. The fraction of sp³-hybridized carbons (Fsp3) is 0.625. The van der Waals surface area contributed by atoms with Crippen molar-refractivity contribution in [1.29, 1.82) is 0 Å². The zero-order valence-electron chi connectivity index (χ0n) is 19.9. The predicted octanol–water partition coefficient (Wildman–Crippen LogP) is 5.10. The molecule has 170 valence electrons. The molecule has 3 rings (SSSR count). The molecule has 31 heavy (non-hydrogen) atoms. The molecule has 1 fully saturated rings. The third-order valence-electron chi connectivity index (χ3n) is 5.63. The second-order valence-corrected chi connectivity index (χ2v) is 10.5. The first-order valence-electron chi connectivity index (χ1n) is 10.9. The molecule has 1 unspecified atom stereocenters. The van der Waals surface area contributed by atoms with Gasteiger partial charge >= 0.3 is 12.2 Å². The summed E-state index contributed by atoms with van der Waals surface area (Å²) in [5.41, 5.74) is 0.975. The molecule has 0 bridgehead atoms. The summed E-state index contributed by atoms with van der Waals surface area (Å²) in [6, 6.07) is 2.05. The van der Waals surface area contributed by atoms with Crippen molar-refractivity contribution >= 4 is 24.1 Å². The number of aromatic nitrogens is 1. The quantitative estimate of drug-likeness (QED) is 0.621. The molecule has 7 heteroatoms. The van der Waals surface area contributed by atoms with Crippen LogP contribution in [0.4, 0.5) is 15.4 Å². The number of aryl methyl sites for hydroxylation is 2. The van der Waals surface area contributed by atoms with E-state index in [9.17, 15) is 9.59 Å². The van der Waals surface area contributed by atoms with E-state index in [1.165, 1.54) is 0 Å². The van der Waals surface area contributed by atoms with Crippen LogP contribution in [-0.4, -0.2) is 51.9 Å². The van der Waals surface area contributed by atoms with Gasteiger partial charge in [0.1, 0.15) is 17.0 Å². The number of ether oxygens (including phenoxy) is 2. The van der Waals surface area contributed by atoms with Gasteiger partial charge in [-0.2, -0.15) is 0 Å². The Morgan fingerprint density at radius 2 is 1.71 bits per heavy atom. The summed E-state index contributed by atoms with van der Waals surface area (Å²) in [5, 5.41) is 0. The van der Waals surface area contributed by atoms with Crippen molar-refractivity contribution in [2.75, 3.05) is 18.0 Å². The molecule has 0 radical (unpaired) electrons. The van der Waals surface area contributed by atoms with Crippen molar-refractivity contribution in [2.24, 2.45) is 0 Å². The standard InChI is InChI=1S/C24H35N3O4/c1-9-17-14-18-10-11-24(12-13-26(15-24)20(28)30-22(3,4)5)27(19(18)25-16(17)2)21(29)31-23(6,7)8/h9,14H,1,10-13,15H2,2-8H3. The monoisotopic (exact) mass is 429 g/mol. The lowest BCUT2D eigenvalue weighted by molar-refractivity contribution is 0.0272. The molecule has 7 nitrogen and oxygen atoms in total. The third-order valence-corrected chi connectivity index (χ3v) is 5.63. The van der Waals surface area contributed by atoms with E-state index in [0.717, 1.165) is 29.7 Å². The average Bonchev–Trinajstić information content (AvgIpc) is 3.03. The van der Waals surface area contributed by atoms with Crippen LogP contribution in [0.15, 0.2) is 12.6 Å². The number of fused-ring (bicyclic) bond motifs is 1. The smallest absolute Gasteiger partial charge is 0.416 e. The van der Waals surface area contributed by atoms with Gasteiger partial charge in [0, 0.05) is 18.8 Å². The first kappa shape index (κ1) is 23.1. The minimum Gasteiger partial charge on any atom is -0.444 e. The summed E-state index contributed by atoms with van der Waals surface area (Å²) >= 11 is 0. The average molecular weight is 430 g/mol. The Hall–Kier alpha value is -2.57. The van der Waals surface area contributed by atoms with E-state index in [2.05, 4.69) is 12.6 Å². The molecular weight excluding hydrogens is 394 g/mol. The highest BCUT2D eigenvalue weighted by Crippen LogP contribution is 2.43. The first-order valence-corrected chi connectivity index (χ1v) is 10.9. The van der Waals surface area contributed by atoms with Crippen LogP contribution in [-0.2, 0) is 15.9 Å². The lowest BCUT2D eigenvalue weighted by atomic mass is 9.84. The van der Waals surface area contributed by atoms with Gasteiger partial charge in [0.25, 0.3) is 0 Å². The molecule has 1 spiro atoms. The van der Waals surface area contributed by atoms with E-state index in [0.29, 0.717) is 25.3 Å². The molecular formula is C24H35N3O4. The Kier molecular flexibility index (Phi) is 5.84. The lowest BCUT2D eigenvalue weighted by Crippen LogP contribution is -2.58. The third kappa shape index (κ3) is 4.86. The van der Waals surface area contributed by atoms with Gasteiger partial charge in [-0.25, -0.2) is 14.6 Å². The Morgan fingerprint density at radius 3 is 2.29 bits per heavy atom. The molecule has 2 aliphatic rings. The molecule has 3 heterocycles. The van der Waals surface area contributed by atoms with Crippen molar-refractivity contribution in [3.05, 3.63) is 29.5 Å². The zero-order valence-corrected chi connectivity index (χ0v) is 19.9. The van der Waals surface area contributed by atoms with Crippen molar-refractivity contribution in [2.45, 2.75) is 84.5 Å². The summed E-state index contributed by atoms with van der Waals surface area (Å²) in [6.07, 6.45) is 3.13. The molecule has 0 aliphatic carbocycles. The minimum absolute atomic E-state index is 0.356. The van der Waals surface area contributed by atoms with E-state index in [1.54, 1.807) is 15.9 Å². The number of likely N-dealkylation sites (tertiary alicyclic amines) is 1. The van der Waals surface area contributed by atoms with E-state index in [1.807, 2.05) is 48.5 Å². The van der Waals surface area contributed by atoms with Crippen LogP contribution in [0, 0.1) is 6.92 Å². The SMILES string of the molecule is C=Cc1cc2c(nc1C)N(C(=O)OC(C)(C)C)C1(CC2)CCN(C(=O)OC(C)(C)C)C1. The molecule has 0 N–H and O–H groups in total. The molecule has 2 aliphatic heterocycles. The fourth-order valence-electron chi connectivity index (χ4n) is 4.25. The van der Waals surface area contributed by atoms with Gasteiger partial charge in [-0.3, -0.25) is 4.90 Å². The van der Waals surface area contributed by atoms with E-state index in [4.69, 9.17) is 14.5 Å². The number of pyridine rings is 1. The van der Waals surface area contributed by atoms with Crippen molar-refractivity contribution in [3.63, 3.8) is 0 Å². The molecule has 1 atom stereocenters. The number of hydrogen-bond donors (Lipinski definition) is 0. The maximum Gasteiger partial charge on any atom is 0.416 e. The largest absolute Gasteiger partial charge is 0.444 e. The van der Waals surface area contributed by atoms with Gasteiger partial charge in [-0.05, 0) is 84.9 Å². The zero-order chi connectivity index (χ0) is 23.2. The van der Waals surface area contributed by atoms with Gasteiger partial charge in [0.2, 0.25) is 0 Å². The highest BCUT2D eigenvalue weighted by molar-refractivity contribution is 5.91. The lowest BCUT2D eigenvalue weighted by Gasteiger charge is -2.44. The predicted molar refractivity (Wildman–Crippen MR) is 121 cm³/mol. The topological polar surface area (TPSA) is 72.0 Å². The van der Waals surface area contributed by atoms with Gasteiger partial charge in [0.15, 0.2) is 0 Å². The van der Waals surface area contributed by atoms with Crippen molar-refractivity contribution in [3.8, 4) is 0 Å². The van der Waals surface area contributed by atoms with Gasteiger partial charge in [-0.1, -0.05) is 12.7 Å². The molecule has 1 saturated heterocycles.